The van der Waals surface area contributed by atoms with Gasteiger partial charge in [0.1, 0.15) is 6.10 Å². The highest BCUT2D eigenvalue weighted by Gasteiger charge is 2.27. The summed E-state index contributed by atoms with van der Waals surface area (Å²) in [5.74, 6) is -1.55. The molecule has 0 heterocycles. The molecule has 0 rings (SSSR count). The Bertz CT molecular complexity index is 844. The molecule has 0 aromatic carbocycles. The maximum absolute atomic E-state index is 12.5. The van der Waals surface area contributed by atoms with Crippen molar-refractivity contribution in [1.82, 2.24) is 5.32 Å². The molecule has 0 saturated heterocycles. The molecule has 0 bridgehead atoms. The van der Waals surface area contributed by atoms with E-state index in [0.29, 0.717) is 12.8 Å². The molecule has 0 aliphatic rings. The molecule has 0 radical (unpaired) electrons. The first-order valence-corrected chi connectivity index (χ1v) is 20.8. The molecule has 0 aliphatic carbocycles. The third-order valence-corrected chi connectivity index (χ3v) is 9.52. The van der Waals surface area contributed by atoms with Crippen LogP contribution in [0.3, 0.4) is 0 Å². The van der Waals surface area contributed by atoms with E-state index < -0.39 is 40.0 Å². The molecule has 0 fully saturated rings. The number of carbonyl (C=O) groups excluding carboxylic acids is 1. The fourth-order valence-electron chi connectivity index (χ4n) is 5.77. The predicted octanol–water partition coefficient (Wildman–Crippen LogP) is 9.77. The van der Waals surface area contributed by atoms with Crippen molar-refractivity contribution in [1.29, 1.82) is 0 Å². The number of carbonyl (C=O) groups is 1. The van der Waals surface area contributed by atoms with Crippen molar-refractivity contribution in [2.45, 2.75) is 205 Å². The average molecular weight is 672 g/mol. The minimum absolute atomic E-state index is 0.276. The van der Waals surface area contributed by atoms with E-state index in [9.17, 15) is 28.0 Å². The molecule has 7 nitrogen and oxygen atoms in total. The van der Waals surface area contributed by atoms with Gasteiger partial charge in [0.05, 0.1) is 17.9 Å². The molecule has 0 saturated carbocycles. The SMILES string of the molecule is CCCCCCCCCCCCCCC/C=C/CC/C=C/C(O)C(CS(=O)(=O)O)NC(=O)C(O)CCCCCCCCCCCC. The van der Waals surface area contributed by atoms with E-state index in [2.05, 4.69) is 31.3 Å². The van der Waals surface area contributed by atoms with Gasteiger partial charge in [-0.25, -0.2) is 0 Å². The molecule has 3 unspecified atom stereocenters. The van der Waals surface area contributed by atoms with E-state index in [4.69, 9.17) is 0 Å². The lowest BCUT2D eigenvalue weighted by atomic mass is 10.0. The highest BCUT2D eigenvalue weighted by atomic mass is 32.2. The second-order valence-electron chi connectivity index (χ2n) is 13.3. The topological polar surface area (TPSA) is 124 Å². The highest BCUT2D eigenvalue weighted by Crippen LogP contribution is 2.14. The number of unbranched alkanes of at least 4 members (excludes halogenated alkanes) is 23. The highest BCUT2D eigenvalue weighted by molar-refractivity contribution is 7.85. The Kier molecular flexibility index (Phi) is 31.5. The number of amides is 1. The predicted molar refractivity (Wildman–Crippen MR) is 195 cm³/mol. The van der Waals surface area contributed by atoms with Crippen LogP contribution in [0, 0.1) is 0 Å². The van der Waals surface area contributed by atoms with Gasteiger partial charge in [-0.15, -0.1) is 0 Å². The van der Waals surface area contributed by atoms with Crippen LogP contribution in [0.15, 0.2) is 24.3 Å². The maximum Gasteiger partial charge on any atom is 0.267 e. The number of hydrogen-bond donors (Lipinski definition) is 4. The Hall–Kier alpha value is -1.22. The maximum atomic E-state index is 12.5. The van der Waals surface area contributed by atoms with Gasteiger partial charge in [-0.2, -0.15) is 8.42 Å². The molecule has 4 N–H and O–H groups in total. The van der Waals surface area contributed by atoms with E-state index in [0.717, 1.165) is 32.1 Å². The second-order valence-corrected chi connectivity index (χ2v) is 14.8. The van der Waals surface area contributed by atoms with Crippen LogP contribution in [0.2, 0.25) is 0 Å². The average Bonchev–Trinajstić information content (AvgIpc) is 3.01. The van der Waals surface area contributed by atoms with Crippen molar-refractivity contribution < 1.29 is 28.0 Å². The zero-order chi connectivity index (χ0) is 34.1. The molecular formula is C38H73NO6S. The Labute approximate surface area is 284 Å². The quantitative estimate of drug-likeness (QED) is 0.0307. The summed E-state index contributed by atoms with van der Waals surface area (Å²) >= 11 is 0. The Morgan fingerprint density at radius 2 is 0.978 bits per heavy atom. The summed E-state index contributed by atoms with van der Waals surface area (Å²) in [6, 6.07) is -1.24. The van der Waals surface area contributed by atoms with Crippen molar-refractivity contribution in [3.8, 4) is 0 Å². The molecule has 272 valence electrons. The van der Waals surface area contributed by atoms with Gasteiger partial charge < -0.3 is 15.5 Å². The number of aliphatic hydroxyl groups excluding tert-OH is 2. The van der Waals surface area contributed by atoms with Gasteiger partial charge in [-0.3, -0.25) is 9.35 Å². The van der Waals surface area contributed by atoms with E-state index in [1.165, 1.54) is 128 Å². The molecule has 0 aromatic heterocycles. The van der Waals surface area contributed by atoms with E-state index in [-0.39, 0.29) is 6.42 Å². The third-order valence-electron chi connectivity index (χ3n) is 8.74. The largest absolute Gasteiger partial charge is 0.387 e. The lowest BCUT2D eigenvalue weighted by Crippen LogP contribution is -2.50. The first kappa shape index (κ1) is 44.8. The fourth-order valence-corrected chi connectivity index (χ4v) is 6.50. The molecule has 8 heteroatoms. The van der Waals surface area contributed by atoms with Crippen LogP contribution in [0.1, 0.15) is 187 Å². The summed E-state index contributed by atoms with van der Waals surface area (Å²) in [5, 5.41) is 23.2. The summed E-state index contributed by atoms with van der Waals surface area (Å²) in [4.78, 5) is 12.5. The zero-order valence-electron chi connectivity index (χ0n) is 29.8. The Morgan fingerprint density at radius 1 is 0.587 bits per heavy atom. The van der Waals surface area contributed by atoms with Crippen molar-refractivity contribution in [3.05, 3.63) is 24.3 Å². The van der Waals surface area contributed by atoms with Gasteiger partial charge in [0.15, 0.2) is 0 Å². The Morgan fingerprint density at radius 3 is 1.43 bits per heavy atom. The van der Waals surface area contributed by atoms with Gasteiger partial charge in [-0.05, 0) is 32.1 Å². The summed E-state index contributed by atoms with van der Waals surface area (Å²) in [6.45, 7) is 4.48. The van der Waals surface area contributed by atoms with Crippen LogP contribution in [-0.2, 0) is 14.9 Å². The summed E-state index contributed by atoms with van der Waals surface area (Å²) in [5.41, 5.74) is 0. The number of rotatable bonds is 34. The Balaban J connectivity index is 4.10. The number of allylic oxidation sites excluding steroid dienone is 3. The van der Waals surface area contributed by atoms with Crippen molar-refractivity contribution in [2.24, 2.45) is 0 Å². The van der Waals surface area contributed by atoms with E-state index >= 15 is 0 Å². The van der Waals surface area contributed by atoms with Gasteiger partial charge in [0.2, 0.25) is 5.91 Å². The summed E-state index contributed by atoms with van der Waals surface area (Å²) in [6.07, 6.45) is 36.7. The summed E-state index contributed by atoms with van der Waals surface area (Å²) in [7, 11) is -4.44. The minimum atomic E-state index is -4.44. The van der Waals surface area contributed by atoms with Crippen LogP contribution in [-0.4, -0.2) is 53.1 Å². The van der Waals surface area contributed by atoms with Crippen LogP contribution in [0.25, 0.3) is 0 Å². The number of aliphatic hydroxyl groups is 2. The van der Waals surface area contributed by atoms with E-state index in [1.54, 1.807) is 6.08 Å². The summed E-state index contributed by atoms with van der Waals surface area (Å²) < 4.78 is 32.4. The monoisotopic (exact) mass is 672 g/mol. The fraction of sp³-hybridized carbons (Fsp3) is 0.868. The normalized spacial score (nSPS) is 14.3. The smallest absolute Gasteiger partial charge is 0.267 e. The van der Waals surface area contributed by atoms with Crippen LogP contribution < -0.4 is 5.32 Å². The first-order valence-electron chi connectivity index (χ1n) is 19.1. The number of nitrogens with one attached hydrogen (secondary N) is 1. The molecule has 0 aliphatic heterocycles. The molecule has 46 heavy (non-hydrogen) atoms. The second kappa shape index (κ2) is 32.3. The third kappa shape index (κ3) is 31.4. The van der Waals surface area contributed by atoms with Crippen LogP contribution in [0.4, 0.5) is 0 Å². The number of hydrogen-bond acceptors (Lipinski definition) is 5. The minimum Gasteiger partial charge on any atom is -0.387 e. The molecule has 1 amide bonds. The molecular weight excluding hydrogens is 598 g/mol. The molecule has 0 aromatic rings. The van der Waals surface area contributed by atoms with Gasteiger partial charge in [0.25, 0.3) is 10.1 Å². The standard InChI is InChI=1S/C38H73NO6S/c1-3-5-7-9-11-13-15-16-17-18-19-20-21-22-23-25-26-28-30-32-36(40)35(34-46(43,44)45)39-38(42)37(41)33-31-29-27-24-14-12-10-8-6-4-2/h23,25,30,32,35-37,40-41H,3-22,24,26-29,31,33-34H2,1-2H3,(H,39,42)(H,43,44,45)/b25-23+,32-30+. The lowest BCUT2D eigenvalue weighted by Gasteiger charge is -2.22. The van der Waals surface area contributed by atoms with Crippen molar-refractivity contribution in [3.63, 3.8) is 0 Å². The van der Waals surface area contributed by atoms with Crippen LogP contribution >= 0.6 is 0 Å². The van der Waals surface area contributed by atoms with Gasteiger partial charge in [-0.1, -0.05) is 179 Å². The van der Waals surface area contributed by atoms with Gasteiger partial charge in [0, 0.05) is 0 Å². The first-order chi connectivity index (χ1) is 22.2. The van der Waals surface area contributed by atoms with Crippen molar-refractivity contribution >= 4 is 16.0 Å². The molecule has 0 spiro atoms. The zero-order valence-corrected chi connectivity index (χ0v) is 30.6. The van der Waals surface area contributed by atoms with Gasteiger partial charge >= 0.3 is 0 Å². The lowest BCUT2D eigenvalue weighted by molar-refractivity contribution is -0.130. The van der Waals surface area contributed by atoms with E-state index in [1.807, 2.05) is 0 Å². The van der Waals surface area contributed by atoms with Crippen molar-refractivity contribution in [2.75, 3.05) is 5.75 Å². The van der Waals surface area contributed by atoms with Crippen LogP contribution in [0.5, 0.6) is 0 Å². The molecule has 3 atom stereocenters.